The van der Waals surface area contributed by atoms with E-state index < -0.39 is 0 Å². The van der Waals surface area contributed by atoms with Gasteiger partial charge >= 0.3 is 0 Å². The molecule has 0 saturated heterocycles. The summed E-state index contributed by atoms with van der Waals surface area (Å²) in [4.78, 5) is 1.08. The maximum Gasteiger partial charge on any atom is 0.226 e. The van der Waals surface area contributed by atoms with Crippen LogP contribution in [0.5, 0.6) is 5.75 Å². The Morgan fingerprint density at radius 1 is 0.808 bits per heavy atom. The molecule has 0 aromatic heterocycles. The van der Waals surface area contributed by atoms with Crippen LogP contribution in [0.4, 0.5) is 0 Å². The van der Waals surface area contributed by atoms with Gasteiger partial charge in [0.2, 0.25) is 5.90 Å². The number of hydrogen-bond acceptors (Lipinski definition) is 4. The lowest BCUT2D eigenvalue weighted by Crippen LogP contribution is -2.03. The molecule has 0 N–H and O–H groups in total. The fourth-order valence-corrected chi connectivity index (χ4v) is 3.36. The fraction of sp³-hybridized carbons (Fsp3) is 0.0455. The smallest absolute Gasteiger partial charge is 0.226 e. The molecule has 2 nitrogen and oxygen atoms in total. The van der Waals surface area contributed by atoms with Crippen molar-refractivity contribution >= 4 is 29.6 Å². The lowest BCUT2D eigenvalue weighted by molar-refractivity contribution is 0.558. The van der Waals surface area contributed by atoms with Crippen LogP contribution in [0.25, 0.3) is 0 Å². The quantitative estimate of drug-likeness (QED) is 0.262. The van der Waals surface area contributed by atoms with E-state index in [1.807, 2.05) is 78.2 Å². The maximum absolute atomic E-state index is 5.92. The summed E-state index contributed by atoms with van der Waals surface area (Å²) in [7, 11) is 0. The van der Waals surface area contributed by atoms with E-state index >= 15 is 0 Å². The van der Waals surface area contributed by atoms with Crippen LogP contribution >= 0.6 is 23.7 Å². The van der Waals surface area contributed by atoms with E-state index in [4.69, 9.17) is 4.74 Å². The Morgan fingerprint density at radius 2 is 1.42 bits per heavy atom. The second-order valence-electron chi connectivity index (χ2n) is 5.35. The normalized spacial score (nSPS) is 11.6. The van der Waals surface area contributed by atoms with Gasteiger partial charge in [-0.15, -0.1) is 11.8 Å². The molecule has 0 spiro atoms. The molecule has 3 aromatic rings. The van der Waals surface area contributed by atoms with Crippen molar-refractivity contribution in [2.75, 3.05) is 0 Å². The summed E-state index contributed by atoms with van der Waals surface area (Å²) in [5.74, 6) is 2.27. The van der Waals surface area contributed by atoms with Crippen molar-refractivity contribution in [1.82, 2.24) is 0 Å². The summed E-state index contributed by atoms with van der Waals surface area (Å²) in [6.45, 7) is 0. The molecule has 0 amide bonds. The van der Waals surface area contributed by atoms with Crippen molar-refractivity contribution in [3.05, 3.63) is 108 Å². The van der Waals surface area contributed by atoms with Gasteiger partial charge in [-0.1, -0.05) is 66.7 Å². The first-order chi connectivity index (χ1) is 12.9. The number of benzene rings is 3. The Kier molecular flexibility index (Phi) is 7.44. The first-order valence-electron chi connectivity index (χ1n) is 8.25. The summed E-state index contributed by atoms with van der Waals surface area (Å²) < 4.78 is 10.5. The van der Waals surface area contributed by atoms with E-state index in [2.05, 4.69) is 28.7 Å². The van der Waals surface area contributed by atoms with Gasteiger partial charge < -0.3 is 4.74 Å². The van der Waals surface area contributed by atoms with Gasteiger partial charge in [-0.3, -0.25) is 0 Å². The van der Waals surface area contributed by atoms with Gasteiger partial charge in [0.15, 0.2) is 0 Å². The van der Waals surface area contributed by atoms with E-state index in [1.54, 1.807) is 11.8 Å². The van der Waals surface area contributed by atoms with E-state index in [9.17, 15) is 0 Å². The van der Waals surface area contributed by atoms with Crippen LogP contribution in [-0.4, -0.2) is 5.90 Å². The molecule has 0 aliphatic rings. The first kappa shape index (κ1) is 18.4. The Balaban J connectivity index is 1.64. The molecule has 3 aromatic carbocycles. The molecule has 4 heteroatoms. The molecular formula is C22H19NOS2. The summed E-state index contributed by atoms with van der Waals surface area (Å²) in [6.07, 6.45) is 1.91. The lowest BCUT2D eigenvalue weighted by atomic mass is 10.2. The fourth-order valence-electron chi connectivity index (χ4n) is 2.10. The van der Waals surface area contributed by atoms with Crippen molar-refractivity contribution in [2.24, 2.45) is 4.40 Å². The minimum Gasteiger partial charge on any atom is -0.438 e. The number of ether oxygens (including phenoxy) is 1. The van der Waals surface area contributed by atoms with E-state index in [0.29, 0.717) is 5.90 Å². The summed E-state index contributed by atoms with van der Waals surface area (Å²) >= 11 is 3.12. The van der Waals surface area contributed by atoms with Gasteiger partial charge in [0.1, 0.15) is 5.75 Å². The van der Waals surface area contributed by atoms with Gasteiger partial charge in [-0.2, -0.15) is 4.40 Å². The highest BCUT2D eigenvalue weighted by atomic mass is 32.2. The summed E-state index contributed by atoms with van der Waals surface area (Å²) in [6, 6.07) is 30.2. The highest BCUT2D eigenvalue weighted by molar-refractivity contribution is 8.01. The van der Waals surface area contributed by atoms with E-state index in [-0.39, 0.29) is 0 Å². The van der Waals surface area contributed by atoms with Crippen LogP contribution in [-0.2, 0) is 5.75 Å². The van der Waals surface area contributed by atoms with Gasteiger partial charge in [0.25, 0.3) is 0 Å². The Labute approximate surface area is 163 Å². The second-order valence-corrected chi connectivity index (χ2v) is 7.08. The maximum atomic E-state index is 5.92. The zero-order valence-corrected chi connectivity index (χ0v) is 15.8. The molecule has 0 heterocycles. The monoisotopic (exact) mass is 377 g/mol. The van der Waals surface area contributed by atoms with Crippen molar-refractivity contribution in [3.8, 4) is 5.75 Å². The molecule has 0 aliphatic heterocycles. The molecule has 0 bridgehead atoms. The van der Waals surface area contributed by atoms with Crippen molar-refractivity contribution < 1.29 is 4.74 Å². The SMILES string of the molecule is C(=C\C(=NSc1ccccc1)Oc1ccccc1)/SCc1ccccc1. The number of rotatable bonds is 7. The van der Waals surface area contributed by atoms with Crippen LogP contribution in [0.1, 0.15) is 5.56 Å². The molecule has 26 heavy (non-hydrogen) atoms. The first-order valence-corrected chi connectivity index (χ1v) is 10.1. The molecule has 0 radical (unpaired) electrons. The summed E-state index contributed by atoms with van der Waals surface area (Å²) in [5.41, 5.74) is 1.29. The number of thioether (sulfide) groups is 1. The highest BCUT2D eigenvalue weighted by Crippen LogP contribution is 2.20. The van der Waals surface area contributed by atoms with Gasteiger partial charge in [-0.25, -0.2) is 0 Å². The van der Waals surface area contributed by atoms with E-state index in [1.165, 1.54) is 17.5 Å². The zero-order chi connectivity index (χ0) is 17.9. The minimum absolute atomic E-state index is 0.575. The molecule has 0 fully saturated rings. The van der Waals surface area contributed by atoms with Crippen molar-refractivity contribution in [3.63, 3.8) is 0 Å². The van der Waals surface area contributed by atoms with Crippen molar-refractivity contribution in [2.45, 2.75) is 10.6 Å². The molecule has 0 aliphatic carbocycles. The minimum atomic E-state index is 0.575. The molecule has 0 atom stereocenters. The largest absolute Gasteiger partial charge is 0.438 e. The average molecular weight is 378 g/mol. The number of nitrogens with zero attached hydrogens (tertiary/aromatic N) is 1. The van der Waals surface area contributed by atoms with Crippen LogP contribution in [0, 0.1) is 0 Å². The highest BCUT2D eigenvalue weighted by Gasteiger charge is 2.00. The predicted octanol–water partition coefficient (Wildman–Crippen LogP) is 6.62. The number of hydrogen-bond donors (Lipinski definition) is 0. The average Bonchev–Trinajstić information content (AvgIpc) is 2.71. The van der Waals surface area contributed by atoms with E-state index in [0.717, 1.165) is 16.4 Å². The summed E-state index contributed by atoms with van der Waals surface area (Å²) in [5, 5.41) is 2.03. The topological polar surface area (TPSA) is 21.6 Å². The number of para-hydroxylation sites is 1. The van der Waals surface area contributed by atoms with Crippen LogP contribution in [0.15, 0.2) is 112 Å². The van der Waals surface area contributed by atoms with Crippen LogP contribution < -0.4 is 4.74 Å². The zero-order valence-electron chi connectivity index (χ0n) is 14.2. The third-order valence-corrected chi connectivity index (χ3v) is 4.93. The predicted molar refractivity (Wildman–Crippen MR) is 114 cm³/mol. The Morgan fingerprint density at radius 3 is 2.12 bits per heavy atom. The second kappa shape index (κ2) is 10.5. The van der Waals surface area contributed by atoms with Crippen LogP contribution in [0.3, 0.4) is 0 Å². The van der Waals surface area contributed by atoms with Gasteiger partial charge in [-0.05, 0) is 35.2 Å². The van der Waals surface area contributed by atoms with Gasteiger partial charge in [0, 0.05) is 28.7 Å². The van der Waals surface area contributed by atoms with Crippen LogP contribution in [0.2, 0.25) is 0 Å². The van der Waals surface area contributed by atoms with Crippen molar-refractivity contribution in [1.29, 1.82) is 0 Å². The lowest BCUT2D eigenvalue weighted by Gasteiger charge is -2.05. The standard InChI is InChI=1S/C22H19NOS2/c1-4-10-19(11-5-1)18-25-17-16-22(24-20-12-6-2-7-13-20)23-26-21-14-8-3-9-15-21/h1-17H,18H2/b17-16+,23-22?. The third-order valence-electron chi connectivity index (χ3n) is 3.35. The molecule has 3 rings (SSSR count). The third kappa shape index (κ3) is 6.47. The molecule has 130 valence electrons. The molecule has 0 saturated carbocycles. The Bertz CT molecular complexity index is 834. The molecular weight excluding hydrogens is 358 g/mol. The Hall–Kier alpha value is -2.43. The molecule has 0 unspecified atom stereocenters. The van der Waals surface area contributed by atoms with Gasteiger partial charge in [0.05, 0.1) is 0 Å².